The van der Waals surface area contributed by atoms with Crippen molar-refractivity contribution in [2.24, 2.45) is 16.8 Å². The standard InChI is InChI=1S/C20H23ClF2N6O2/c21-13-6-14-15(9-26-17(14)25-8-13)18-27-10-16(23)19(28-18)24-7-12-2-1-4-29(11-12)20(30)31-5-3-22/h8-10,12,14H,1-7,11H2,(H,25,26)(H,24,27,28)/t12?,14-/m0/s1. The van der Waals surface area contributed by atoms with Crippen molar-refractivity contribution in [3.63, 3.8) is 0 Å². The van der Waals surface area contributed by atoms with Crippen LogP contribution in [0.15, 0.2) is 28.6 Å². The number of amidine groups is 1. The molecule has 31 heavy (non-hydrogen) atoms. The molecule has 0 saturated carbocycles. The number of halogens is 3. The number of carbonyl (C=O) groups excluding carboxylic acids is 1. The Morgan fingerprint density at radius 3 is 3.16 bits per heavy atom. The number of nitrogens with one attached hydrogen (secondary N) is 2. The van der Waals surface area contributed by atoms with Crippen LogP contribution in [-0.4, -0.2) is 59.7 Å². The molecule has 1 unspecified atom stereocenters. The number of aromatic nitrogens is 2. The molecule has 1 fully saturated rings. The number of aliphatic imine (C=N–C) groups is 1. The Balaban J connectivity index is 1.39. The van der Waals surface area contributed by atoms with Crippen LogP contribution in [0.3, 0.4) is 0 Å². The lowest BCUT2D eigenvalue weighted by atomic mass is 9.95. The highest BCUT2D eigenvalue weighted by Crippen LogP contribution is 2.34. The van der Waals surface area contributed by atoms with Gasteiger partial charge in [-0.3, -0.25) is 0 Å². The van der Waals surface area contributed by atoms with Gasteiger partial charge in [-0.2, -0.15) is 0 Å². The van der Waals surface area contributed by atoms with Crippen LogP contribution in [0, 0.1) is 17.7 Å². The summed E-state index contributed by atoms with van der Waals surface area (Å²) in [5.74, 6) is 0.726. The molecule has 2 atom stereocenters. The Bertz CT molecular complexity index is 938. The van der Waals surface area contributed by atoms with Gasteiger partial charge < -0.3 is 20.3 Å². The number of allylic oxidation sites excluding steroid dienone is 1. The summed E-state index contributed by atoms with van der Waals surface area (Å²) in [6.45, 7) is 0.508. The van der Waals surface area contributed by atoms with E-state index in [9.17, 15) is 13.6 Å². The predicted octanol–water partition coefficient (Wildman–Crippen LogP) is 3.29. The first-order chi connectivity index (χ1) is 15.0. The first kappa shape index (κ1) is 21.5. The van der Waals surface area contributed by atoms with Gasteiger partial charge in [-0.25, -0.2) is 28.5 Å². The molecule has 1 saturated heterocycles. The number of hydrogen-bond donors (Lipinski definition) is 2. The molecule has 2 N–H and O–H groups in total. The number of anilines is 1. The summed E-state index contributed by atoms with van der Waals surface area (Å²) in [4.78, 5) is 26.3. The van der Waals surface area contributed by atoms with E-state index >= 15 is 0 Å². The van der Waals surface area contributed by atoms with E-state index in [1.807, 2.05) is 0 Å². The molecule has 166 valence electrons. The number of carbonyl (C=O) groups is 1. The third-order valence-electron chi connectivity index (χ3n) is 5.46. The van der Waals surface area contributed by atoms with Gasteiger partial charge in [-0.05, 0) is 25.2 Å². The molecule has 1 aromatic heterocycles. The zero-order valence-corrected chi connectivity index (χ0v) is 17.5. The Morgan fingerprint density at radius 2 is 2.32 bits per heavy atom. The molecule has 0 aromatic carbocycles. The largest absolute Gasteiger partial charge is 0.447 e. The fraction of sp³-hybridized carbons (Fsp3) is 0.500. The molecule has 3 aliphatic rings. The van der Waals surface area contributed by atoms with Crippen LogP contribution in [0.1, 0.15) is 25.1 Å². The average Bonchev–Trinajstić information content (AvgIpc) is 3.20. The SMILES string of the molecule is O=C(OCCF)N1CCCC(CNc2nc(C3=CNC4=NC=C(Cl)C[C@@H]34)ncc2F)C1. The van der Waals surface area contributed by atoms with Crippen molar-refractivity contribution in [2.75, 3.05) is 38.2 Å². The van der Waals surface area contributed by atoms with Gasteiger partial charge in [0.1, 0.15) is 19.1 Å². The first-order valence-corrected chi connectivity index (χ1v) is 10.6. The summed E-state index contributed by atoms with van der Waals surface area (Å²) >= 11 is 6.12. The highest BCUT2D eigenvalue weighted by atomic mass is 35.5. The Labute approximate surface area is 183 Å². The van der Waals surface area contributed by atoms with E-state index in [1.54, 1.807) is 17.3 Å². The van der Waals surface area contributed by atoms with Crippen LogP contribution in [-0.2, 0) is 4.74 Å². The number of amides is 1. The lowest BCUT2D eigenvalue weighted by Crippen LogP contribution is -2.42. The molecule has 4 heterocycles. The van der Waals surface area contributed by atoms with E-state index < -0.39 is 18.6 Å². The van der Waals surface area contributed by atoms with Gasteiger partial charge in [-0.15, -0.1) is 0 Å². The van der Waals surface area contributed by atoms with E-state index in [1.165, 1.54) is 0 Å². The van der Waals surface area contributed by atoms with Gasteiger partial charge in [0.05, 0.1) is 12.1 Å². The second-order valence-electron chi connectivity index (χ2n) is 7.62. The van der Waals surface area contributed by atoms with Crippen LogP contribution >= 0.6 is 11.6 Å². The topological polar surface area (TPSA) is 91.7 Å². The van der Waals surface area contributed by atoms with Crippen molar-refractivity contribution >= 4 is 34.9 Å². The highest BCUT2D eigenvalue weighted by Gasteiger charge is 2.31. The van der Waals surface area contributed by atoms with Crippen molar-refractivity contribution in [3.05, 3.63) is 35.3 Å². The van der Waals surface area contributed by atoms with Gasteiger partial charge >= 0.3 is 6.09 Å². The maximum absolute atomic E-state index is 14.4. The average molecular weight is 453 g/mol. The number of alkyl halides is 1. The minimum absolute atomic E-state index is 0.0851. The van der Waals surface area contributed by atoms with E-state index in [2.05, 4.69) is 25.6 Å². The Kier molecular flexibility index (Phi) is 6.64. The molecule has 1 aromatic rings. The van der Waals surface area contributed by atoms with Gasteiger partial charge in [0.15, 0.2) is 17.5 Å². The fourth-order valence-electron chi connectivity index (χ4n) is 3.93. The molecule has 0 aliphatic carbocycles. The Morgan fingerprint density at radius 1 is 1.45 bits per heavy atom. The van der Waals surface area contributed by atoms with E-state index in [4.69, 9.17) is 16.3 Å². The predicted molar refractivity (Wildman–Crippen MR) is 113 cm³/mol. The van der Waals surface area contributed by atoms with Gasteiger partial charge in [0.2, 0.25) is 0 Å². The van der Waals surface area contributed by atoms with Crippen LogP contribution in [0.2, 0.25) is 0 Å². The molecule has 0 bridgehead atoms. The van der Waals surface area contributed by atoms with Gasteiger partial charge in [0, 0.05) is 42.6 Å². The fourth-order valence-corrected chi connectivity index (χ4v) is 4.13. The summed E-state index contributed by atoms with van der Waals surface area (Å²) in [5, 5.41) is 6.78. The van der Waals surface area contributed by atoms with Crippen molar-refractivity contribution < 1.29 is 18.3 Å². The number of likely N-dealkylation sites (tertiary alicyclic amines) is 1. The number of ether oxygens (including phenoxy) is 1. The Hall–Kier alpha value is -2.75. The van der Waals surface area contributed by atoms with Crippen LogP contribution in [0.5, 0.6) is 0 Å². The second kappa shape index (κ2) is 9.59. The number of rotatable bonds is 6. The molecule has 11 heteroatoms. The molecular formula is C20H23ClF2N6O2. The monoisotopic (exact) mass is 452 g/mol. The maximum Gasteiger partial charge on any atom is 0.409 e. The minimum Gasteiger partial charge on any atom is -0.447 e. The lowest BCUT2D eigenvalue weighted by Gasteiger charge is -2.32. The lowest BCUT2D eigenvalue weighted by molar-refractivity contribution is 0.0810. The first-order valence-electron chi connectivity index (χ1n) is 10.2. The number of piperidine rings is 1. The molecule has 0 radical (unpaired) electrons. The third kappa shape index (κ3) is 4.95. The van der Waals surface area contributed by atoms with Crippen molar-refractivity contribution in [1.29, 1.82) is 0 Å². The zero-order valence-electron chi connectivity index (χ0n) is 16.8. The molecule has 8 nitrogen and oxygen atoms in total. The smallest absolute Gasteiger partial charge is 0.409 e. The van der Waals surface area contributed by atoms with Crippen molar-refractivity contribution in [2.45, 2.75) is 19.3 Å². The van der Waals surface area contributed by atoms with Gasteiger partial charge in [-0.1, -0.05) is 11.6 Å². The summed E-state index contributed by atoms with van der Waals surface area (Å²) in [6.07, 6.45) is 6.26. The van der Waals surface area contributed by atoms with E-state index in [0.717, 1.165) is 30.4 Å². The van der Waals surface area contributed by atoms with Gasteiger partial charge in [0.25, 0.3) is 0 Å². The quantitative estimate of drug-likeness (QED) is 0.688. The van der Waals surface area contributed by atoms with Crippen molar-refractivity contribution in [3.8, 4) is 0 Å². The van der Waals surface area contributed by atoms with Crippen LogP contribution in [0.4, 0.5) is 19.4 Å². The summed E-state index contributed by atoms with van der Waals surface area (Å²) in [7, 11) is 0. The third-order valence-corrected chi connectivity index (χ3v) is 5.72. The van der Waals surface area contributed by atoms with E-state index in [-0.39, 0.29) is 24.3 Å². The van der Waals surface area contributed by atoms with Crippen molar-refractivity contribution in [1.82, 2.24) is 20.2 Å². The normalized spacial score (nSPS) is 22.7. The van der Waals surface area contributed by atoms with Crippen LogP contribution < -0.4 is 10.6 Å². The summed E-state index contributed by atoms with van der Waals surface area (Å²) < 4.78 is 31.4. The maximum atomic E-state index is 14.4. The molecule has 0 spiro atoms. The number of fused-ring (bicyclic) bond motifs is 1. The van der Waals surface area contributed by atoms with Crippen LogP contribution in [0.25, 0.3) is 5.57 Å². The number of hydrogen-bond acceptors (Lipinski definition) is 7. The molecule has 1 amide bonds. The summed E-state index contributed by atoms with van der Waals surface area (Å²) in [6, 6.07) is 0. The highest BCUT2D eigenvalue weighted by molar-refractivity contribution is 6.30. The number of nitrogens with zero attached hydrogens (tertiary/aromatic N) is 4. The van der Waals surface area contributed by atoms with E-state index in [0.29, 0.717) is 36.9 Å². The second-order valence-corrected chi connectivity index (χ2v) is 8.11. The zero-order chi connectivity index (χ0) is 21.8. The molecule has 3 aliphatic heterocycles. The molecular weight excluding hydrogens is 430 g/mol. The molecule has 4 rings (SSSR count). The minimum atomic E-state index is -0.706. The summed E-state index contributed by atoms with van der Waals surface area (Å²) in [5.41, 5.74) is 0.799.